The lowest BCUT2D eigenvalue weighted by Gasteiger charge is -2.35. The number of hydrogen-bond acceptors (Lipinski definition) is 3. The molecule has 0 radical (unpaired) electrons. The summed E-state index contributed by atoms with van der Waals surface area (Å²) in [6, 6.07) is 12.7. The molecule has 1 aliphatic heterocycles. The first-order valence-corrected chi connectivity index (χ1v) is 11.9. The summed E-state index contributed by atoms with van der Waals surface area (Å²) in [5.41, 5.74) is 3.28. The molecule has 1 fully saturated rings. The normalized spacial score (nSPS) is 23.6. The highest BCUT2D eigenvalue weighted by molar-refractivity contribution is 7.92. The van der Waals surface area contributed by atoms with Crippen molar-refractivity contribution >= 4 is 38.9 Å². The number of fused-ring (bicyclic) bond motifs is 1. The standard InChI is InChI=1S/C22H25ClN2O3S/c1-15-14-22(15,2)25-20-9-8-19(13-17(20)5-10-21(25)26)24-29(27,28)12-11-16-3-6-18(23)7-4-16/h3-4,6-9,13,15,24H,5,10-12,14H2,1-2H3. The van der Waals surface area contributed by atoms with Crippen molar-refractivity contribution in [3.8, 4) is 0 Å². The fourth-order valence-electron chi connectivity index (χ4n) is 4.12. The number of halogens is 1. The second kappa shape index (κ2) is 7.33. The predicted molar refractivity (Wildman–Crippen MR) is 117 cm³/mol. The van der Waals surface area contributed by atoms with Gasteiger partial charge in [0.1, 0.15) is 0 Å². The number of hydrogen-bond donors (Lipinski definition) is 1. The van der Waals surface area contributed by atoms with E-state index in [1.54, 1.807) is 18.2 Å². The summed E-state index contributed by atoms with van der Waals surface area (Å²) in [5, 5.41) is 0.630. The molecule has 0 saturated heterocycles. The van der Waals surface area contributed by atoms with Gasteiger partial charge in [-0.3, -0.25) is 9.52 Å². The number of rotatable bonds is 6. The van der Waals surface area contributed by atoms with Crippen molar-refractivity contribution < 1.29 is 13.2 Å². The molecule has 2 aromatic rings. The third kappa shape index (κ3) is 4.14. The smallest absolute Gasteiger partial charge is 0.233 e. The van der Waals surface area contributed by atoms with Crippen LogP contribution in [0.1, 0.15) is 37.8 Å². The summed E-state index contributed by atoms with van der Waals surface area (Å²) in [7, 11) is -3.48. The van der Waals surface area contributed by atoms with Crippen LogP contribution in [0.3, 0.4) is 0 Å². The van der Waals surface area contributed by atoms with Gasteiger partial charge >= 0.3 is 0 Å². The van der Waals surface area contributed by atoms with Gasteiger partial charge in [0.15, 0.2) is 0 Å². The van der Waals surface area contributed by atoms with Gasteiger partial charge in [-0.25, -0.2) is 8.42 Å². The Balaban J connectivity index is 1.48. The number of sulfonamides is 1. The fourth-order valence-corrected chi connectivity index (χ4v) is 5.34. The molecule has 0 bridgehead atoms. The molecule has 1 aliphatic carbocycles. The van der Waals surface area contributed by atoms with Crippen LogP contribution in [-0.4, -0.2) is 25.6 Å². The molecule has 2 atom stereocenters. The van der Waals surface area contributed by atoms with Crippen molar-refractivity contribution in [2.24, 2.45) is 5.92 Å². The van der Waals surface area contributed by atoms with Gasteiger partial charge in [-0.1, -0.05) is 30.7 Å². The monoisotopic (exact) mass is 432 g/mol. The van der Waals surface area contributed by atoms with Crippen LogP contribution in [0.2, 0.25) is 5.02 Å². The third-order valence-electron chi connectivity index (χ3n) is 6.16. The van der Waals surface area contributed by atoms with Gasteiger partial charge in [0.2, 0.25) is 15.9 Å². The highest BCUT2D eigenvalue weighted by atomic mass is 35.5. The Morgan fingerprint density at radius 1 is 1.17 bits per heavy atom. The molecule has 29 heavy (non-hydrogen) atoms. The first-order chi connectivity index (χ1) is 13.7. The number of carbonyl (C=O) groups is 1. The largest absolute Gasteiger partial charge is 0.306 e. The van der Waals surface area contributed by atoms with E-state index in [4.69, 9.17) is 11.6 Å². The zero-order valence-electron chi connectivity index (χ0n) is 16.6. The van der Waals surface area contributed by atoms with Crippen LogP contribution in [-0.2, 0) is 27.7 Å². The van der Waals surface area contributed by atoms with Crippen LogP contribution in [0.4, 0.5) is 11.4 Å². The Hall–Kier alpha value is -2.05. The van der Waals surface area contributed by atoms with Gasteiger partial charge in [-0.15, -0.1) is 0 Å². The molecular formula is C22H25ClN2O3S. The molecule has 0 aromatic heterocycles. The maximum Gasteiger partial charge on any atom is 0.233 e. The molecule has 1 heterocycles. The molecule has 0 spiro atoms. The Labute approximate surface area is 177 Å². The number of carbonyl (C=O) groups excluding carboxylic acids is 1. The van der Waals surface area contributed by atoms with E-state index in [0.717, 1.165) is 23.2 Å². The second-order valence-electron chi connectivity index (χ2n) is 8.33. The van der Waals surface area contributed by atoms with Crippen molar-refractivity contribution in [1.82, 2.24) is 0 Å². The van der Waals surface area contributed by atoms with Crippen LogP contribution < -0.4 is 9.62 Å². The van der Waals surface area contributed by atoms with Gasteiger partial charge < -0.3 is 4.90 Å². The molecule has 1 saturated carbocycles. The zero-order valence-corrected chi connectivity index (χ0v) is 18.2. The van der Waals surface area contributed by atoms with E-state index in [9.17, 15) is 13.2 Å². The first-order valence-electron chi connectivity index (χ1n) is 9.89. The number of anilines is 2. The number of amides is 1. The van der Waals surface area contributed by atoms with E-state index >= 15 is 0 Å². The summed E-state index contributed by atoms with van der Waals surface area (Å²) in [4.78, 5) is 14.5. The van der Waals surface area contributed by atoms with Gasteiger partial charge in [0, 0.05) is 28.4 Å². The molecule has 154 valence electrons. The van der Waals surface area contributed by atoms with E-state index in [1.807, 2.05) is 29.2 Å². The van der Waals surface area contributed by atoms with E-state index in [-0.39, 0.29) is 17.2 Å². The fraction of sp³-hybridized carbons (Fsp3) is 0.409. The molecule has 2 unspecified atom stereocenters. The predicted octanol–water partition coefficient (Wildman–Crippen LogP) is 4.40. The summed E-state index contributed by atoms with van der Waals surface area (Å²) in [6.07, 6.45) is 2.50. The van der Waals surface area contributed by atoms with Crippen molar-refractivity contribution in [3.05, 3.63) is 58.6 Å². The minimum Gasteiger partial charge on any atom is -0.306 e. The average Bonchev–Trinajstić information content (AvgIpc) is 3.28. The van der Waals surface area contributed by atoms with Crippen LogP contribution >= 0.6 is 11.6 Å². The van der Waals surface area contributed by atoms with Crippen molar-refractivity contribution in [3.63, 3.8) is 0 Å². The Morgan fingerprint density at radius 3 is 2.52 bits per heavy atom. The number of benzene rings is 2. The summed E-state index contributed by atoms with van der Waals surface area (Å²) in [6.45, 7) is 4.28. The first kappa shape index (κ1) is 20.2. The van der Waals surface area contributed by atoms with Gasteiger partial charge in [-0.05, 0) is 73.6 Å². The van der Waals surface area contributed by atoms with E-state index in [1.165, 1.54) is 0 Å². The molecule has 2 aliphatic rings. The number of aryl methyl sites for hydroxylation is 2. The minimum atomic E-state index is -3.48. The molecule has 7 heteroatoms. The lowest BCUT2D eigenvalue weighted by atomic mass is 9.98. The van der Waals surface area contributed by atoms with Crippen LogP contribution in [0.25, 0.3) is 0 Å². The number of nitrogens with zero attached hydrogens (tertiary/aromatic N) is 1. The molecule has 1 N–H and O–H groups in total. The quantitative estimate of drug-likeness (QED) is 0.735. The molecule has 5 nitrogen and oxygen atoms in total. The van der Waals surface area contributed by atoms with Crippen LogP contribution in [0.5, 0.6) is 0 Å². The van der Waals surface area contributed by atoms with Crippen molar-refractivity contribution in [2.45, 2.75) is 45.1 Å². The summed E-state index contributed by atoms with van der Waals surface area (Å²) in [5.74, 6) is 0.621. The van der Waals surface area contributed by atoms with E-state index in [0.29, 0.717) is 35.9 Å². The molecule has 1 amide bonds. The van der Waals surface area contributed by atoms with Crippen molar-refractivity contribution in [1.29, 1.82) is 0 Å². The summed E-state index contributed by atoms with van der Waals surface area (Å²) >= 11 is 5.87. The highest BCUT2D eigenvalue weighted by Gasteiger charge is 2.54. The summed E-state index contributed by atoms with van der Waals surface area (Å²) < 4.78 is 27.8. The highest BCUT2D eigenvalue weighted by Crippen LogP contribution is 2.51. The number of nitrogens with one attached hydrogen (secondary N) is 1. The lowest BCUT2D eigenvalue weighted by Crippen LogP contribution is -2.44. The lowest BCUT2D eigenvalue weighted by molar-refractivity contribution is -0.119. The zero-order chi connectivity index (χ0) is 20.8. The van der Waals surface area contributed by atoms with E-state index < -0.39 is 10.0 Å². The topological polar surface area (TPSA) is 66.5 Å². The molecular weight excluding hydrogens is 408 g/mol. The Morgan fingerprint density at radius 2 is 1.86 bits per heavy atom. The van der Waals surface area contributed by atoms with Gasteiger partial charge in [0.25, 0.3) is 0 Å². The molecule has 2 aromatic carbocycles. The van der Waals surface area contributed by atoms with Crippen LogP contribution in [0.15, 0.2) is 42.5 Å². The maximum absolute atomic E-state index is 12.6. The minimum absolute atomic E-state index is 0.00802. The van der Waals surface area contributed by atoms with Crippen molar-refractivity contribution in [2.75, 3.05) is 15.4 Å². The average molecular weight is 433 g/mol. The van der Waals surface area contributed by atoms with Gasteiger partial charge in [0.05, 0.1) is 5.75 Å². The van der Waals surface area contributed by atoms with Gasteiger partial charge in [-0.2, -0.15) is 0 Å². The SMILES string of the molecule is CC1CC1(C)N1C(=O)CCc2cc(NS(=O)(=O)CCc3ccc(Cl)cc3)ccc21. The molecule has 4 rings (SSSR count). The van der Waals surface area contributed by atoms with E-state index in [2.05, 4.69) is 18.6 Å². The Bertz CT molecular complexity index is 1050. The Kier molecular flexibility index (Phi) is 5.11. The van der Waals surface area contributed by atoms with Crippen LogP contribution in [0, 0.1) is 5.92 Å². The maximum atomic E-state index is 12.6. The second-order valence-corrected chi connectivity index (χ2v) is 10.6. The third-order valence-corrected chi connectivity index (χ3v) is 7.70.